The van der Waals surface area contributed by atoms with Crippen LogP contribution in [0.3, 0.4) is 0 Å². The van der Waals surface area contributed by atoms with Crippen LogP contribution in [-0.2, 0) is 23.1 Å². The summed E-state index contributed by atoms with van der Waals surface area (Å²) in [5.41, 5.74) is 4.37. The Labute approximate surface area is 115 Å². The maximum absolute atomic E-state index is 10.9. The van der Waals surface area contributed by atoms with Gasteiger partial charge in [-0.3, -0.25) is 4.79 Å². The van der Waals surface area contributed by atoms with E-state index in [1.54, 1.807) is 0 Å². The monoisotopic (exact) mass is 264 g/mol. The highest BCUT2D eigenvalue weighted by atomic mass is 35.5. The van der Waals surface area contributed by atoms with E-state index in [4.69, 9.17) is 11.6 Å². The Morgan fingerprint density at radius 1 is 1.22 bits per heavy atom. The topological polar surface area (TPSA) is 17.1 Å². The highest BCUT2D eigenvalue weighted by molar-refractivity contribution is 6.63. The molecule has 1 nitrogen and oxygen atoms in total. The number of aryl methyl sites for hydroxylation is 2. The zero-order chi connectivity index (χ0) is 13.2. The zero-order valence-electron chi connectivity index (χ0n) is 11.3. The standard InChI is InChI=1S/C16H21ClO/c1-16(2,10-9-15(17)18)14-8-7-12-5-3-4-6-13(12)11-14/h7-8,11H,3-6,9-10H2,1-2H3. The molecule has 0 radical (unpaired) electrons. The molecular weight excluding hydrogens is 244 g/mol. The summed E-state index contributed by atoms with van der Waals surface area (Å²) < 4.78 is 0. The minimum Gasteiger partial charge on any atom is -0.281 e. The second-order valence-electron chi connectivity index (χ2n) is 5.93. The second kappa shape index (κ2) is 5.44. The summed E-state index contributed by atoms with van der Waals surface area (Å²) in [5.74, 6) is 0. The van der Waals surface area contributed by atoms with E-state index in [1.165, 1.54) is 42.4 Å². The van der Waals surface area contributed by atoms with Crippen LogP contribution in [0.5, 0.6) is 0 Å². The third kappa shape index (κ3) is 3.14. The van der Waals surface area contributed by atoms with Crippen molar-refractivity contribution in [3.8, 4) is 0 Å². The van der Waals surface area contributed by atoms with Gasteiger partial charge in [0.05, 0.1) is 0 Å². The molecule has 0 aromatic heterocycles. The fourth-order valence-corrected chi connectivity index (χ4v) is 2.80. The lowest BCUT2D eigenvalue weighted by atomic mass is 9.78. The van der Waals surface area contributed by atoms with Gasteiger partial charge in [-0.25, -0.2) is 0 Å². The van der Waals surface area contributed by atoms with Crippen molar-refractivity contribution in [2.24, 2.45) is 0 Å². The molecule has 1 aromatic rings. The highest BCUT2D eigenvalue weighted by Crippen LogP contribution is 2.32. The summed E-state index contributed by atoms with van der Waals surface area (Å²) in [6, 6.07) is 6.84. The maximum atomic E-state index is 10.9. The Balaban J connectivity index is 2.19. The average Bonchev–Trinajstić information content (AvgIpc) is 2.36. The molecule has 0 N–H and O–H groups in total. The number of carbonyl (C=O) groups is 1. The summed E-state index contributed by atoms with van der Waals surface area (Å²) >= 11 is 5.45. The van der Waals surface area contributed by atoms with Crippen LogP contribution in [0.4, 0.5) is 0 Å². The molecule has 0 atom stereocenters. The minimum atomic E-state index is -0.235. The van der Waals surface area contributed by atoms with Crippen LogP contribution in [-0.4, -0.2) is 5.24 Å². The zero-order valence-corrected chi connectivity index (χ0v) is 12.0. The first-order chi connectivity index (χ1) is 8.49. The van der Waals surface area contributed by atoms with Crippen molar-refractivity contribution < 1.29 is 4.79 Å². The molecule has 1 aromatic carbocycles. The molecule has 1 aliphatic carbocycles. The third-order valence-electron chi connectivity index (χ3n) is 4.08. The van der Waals surface area contributed by atoms with Gasteiger partial charge in [0.2, 0.25) is 5.24 Å². The lowest BCUT2D eigenvalue weighted by Crippen LogP contribution is -2.19. The van der Waals surface area contributed by atoms with E-state index in [0.717, 1.165) is 6.42 Å². The number of benzene rings is 1. The van der Waals surface area contributed by atoms with Crippen molar-refractivity contribution in [3.05, 3.63) is 34.9 Å². The molecule has 0 heterocycles. The van der Waals surface area contributed by atoms with Crippen molar-refractivity contribution in [3.63, 3.8) is 0 Å². The first-order valence-corrected chi connectivity index (χ1v) is 7.17. The smallest absolute Gasteiger partial charge is 0.221 e. The van der Waals surface area contributed by atoms with Crippen molar-refractivity contribution in [1.29, 1.82) is 0 Å². The molecule has 2 rings (SSSR count). The minimum absolute atomic E-state index is 0.0248. The van der Waals surface area contributed by atoms with E-state index in [9.17, 15) is 4.79 Å². The van der Waals surface area contributed by atoms with Crippen molar-refractivity contribution in [2.45, 2.75) is 57.8 Å². The molecule has 18 heavy (non-hydrogen) atoms. The molecule has 0 saturated carbocycles. The Morgan fingerprint density at radius 2 is 1.89 bits per heavy atom. The van der Waals surface area contributed by atoms with Gasteiger partial charge >= 0.3 is 0 Å². The molecule has 0 aliphatic heterocycles. The number of fused-ring (bicyclic) bond motifs is 1. The van der Waals surface area contributed by atoms with Crippen molar-refractivity contribution in [2.75, 3.05) is 0 Å². The van der Waals surface area contributed by atoms with Gasteiger partial charge < -0.3 is 0 Å². The molecule has 0 fully saturated rings. The van der Waals surface area contributed by atoms with Gasteiger partial charge in [-0.2, -0.15) is 0 Å². The van der Waals surface area contributed by atoms with E-state index in [1.807, 2.05) is 0 Å². The van der Waals surface area contributed by atoms with E-state index >= 15 is 0 Å². The molecule has 2 heteroatoms. The van der Waals surface area contributed by atoms with Crippen LogP contribution in [0.15, 0.2) is 18.2 Å². The van der Waals surface area contributed by atoms with Crippen LogP contribution >= 0.6 is 11.6 Å². The predicted molar refractivity (Wildman–Crippen MR) is 76.2 cm³/mol. The third-order valence-corrected chi connectivity index (χ3v) is 4.27. The normalized spacial score (nSPS) is 15.3. The van der Waals surface area contributed by atoms with Gasteiger partial charge in [0.1, 0.15) is 0 Å². The molecular formula is C16H21ClO. The SMILES string of the molecule is CC(C)(CCC(=O)Cl)c1ccc2c(c1)CCCC2. The summed E-state index contributed by atoms with van der Waals surface area (Å²) in [6.07, 6.45) is 6.30. The van der Waals surface area contributed by atoms with Crippen molar-refractivity contribution in [1.82, 2.24) is 0 Å². The molecule has 0 spiro atoms. The number of carbonyl (C=O) groups excluding carboxylic acids is 1. The fourth-order valence-electron chi connectivity index (χ4n) is 2.71. The lowest BCUT2D eigenvalue weighted by Gasteiger charge is -2.27. The summed E-state index contributed by atoms with van der Waals surface area (Å²) in [7, 11) is 0. The fraction of sp³-hybridized carbons (Fsp3) is 0.562. The largest absolute Gasteiger partial charge is 0.281 e. The summed E-state index contributed by atoms with van der Waals surface area (Å²) in [4.78, 5) is 10.9. The number of halogens is 1. The predicted octanol–water partition coefficient (Wildman–Crippen LogP) is 4.39. The van der Waals surface area contributed by atoms with Gasteiger partial charge in [0.25, 0.3) is 0 Å². The van der Waals surface area contributed by atoms with Crippen LogP contribution in [0.25, 0.3) is 0 Å². The average molecular weight is 265 g/mol. The van der Waals surface area contributed by atoms with Gasteiger partial charge in [-0.15, -0.1) is 0 Å². The highest BCUT2D eigenvalue weighted by Gasteiger charge is 2.22. The number of rotatable bonds is 4. The van der Waals surface area contributed by atoms with Gasteiger partial charge in [-0.05, 0) is 65.8 Å². The first kappa shape index (κ1) is 13.6. The van der Waals surface area contributed by atoms with Crippen LogP contribution in [0, 0.1) is 0 Å². The summed E-state index contributed by atoms with van der Waals surface area (Å²) in [5, 5.41) is -0.235. The molecule has 0 amide bonds. The second-order valence-corrected chi connectivity index (χ2v) is 6.35. The van der Waals surface area contributed by atoms with Crippen molar-refractivity contribution >= 4 is 16.8 Å². The van der Waals surface area contributed by atoms with E-state index in [2.05, 4.69) is 32.0 Å². The first-order valence-electron chi connectivity index (χ1n) is 6.80. The quantitative estimate of drug-likeness (QED) is 0.737. The molecule has 1 aliphatic rings. The Bertz CT molecular complexity index is 448. The van der Waals surface area contributed by atoms with Gasteiger partial charge in [0, 0.05) is 6.42 Å². The Morgan fingerprint density at radius 3 is 2.56 bits per heavy atom. The molecule has 0 unspecified atom stereocenters. The summed E-state index contributed by atoms with van der Waals surface area (Å²) in [6.45, 7) is 4.38. The Kier molecular flexibility index (Phi) is 4.11. The lowest BCUT2D eigenvalue weighted by molar-refractivity contribution is -0.112. The number of hydrogen-bond donors (Lipinski definition) is 0. The maximum Gasteiger partial charge on any atom is 0.221 e. The van der Waals surface area contributed by atoms with Gasteiger partial charge in [-0.1, -0.05) is 32.0 Å². The van der Waals surface area contributed by atoms with Crippen LogP contribution in [0.2, 0.25) is 0 Å². The number of hydrogen-bond acceptors (Lipinski definition) is 1. The molecule has 98 valence electrons. The van der Waals surface area contributed by atoms with E-state index in [0.29, 0.717) is 6.42 Å². The Hall–Kier alpha value is -0.820. The van der Waals surface area contributed by atoms with E-state index in [-0.39, 0.29) is 10.7 Å². The van der Waals surface area contributed by atoms with Gasteiger partial charge in [0.15, 0.2) is 0 Å². The van der Waals surface area contributed by atoms with Crippen LogP contribution in [0.1, 0.15) is 56.2 Å². The van der Waals surface area contributed by atoms with Crippen LogP contribution < -0.4 is 0 Å². The molecule has 0 saturated heterocycles. The molecule has 0 bridgehead atoms. The van der Waals surface area contributed by atoms with E-state index < -0.39 is 0 Å².